The summed E-state index contributed by atoms with van der Waals surface area (Å²) in [6, 6.07) is 3.65. The Morgan fingerprint density at radius 1 is 1.30 bits per heavy atom. The molecule has 0 radical (unpaired) electrons. The van der Waals surface area contributed by atoms with Crippen LogP contribution in [-0.2, 0) is 14.3 Å². The Labute approximate surface area is 115 Å². The topological polar surface area (TPSA) is 61.8 Å². The predicted octanol–water partition coefficient (Wildman–Crippen LogP) is 2.11. The smallest absolute Gasteiger partial charge is 0.345 e. The molecule has 6 heteroatoms. The van der Waals surface area contributed by atoms with Crippen molar-refractivity contribution in [1.29, 1.82) is 0 Å². The Hall–Kier alpha value is -2.37. The van der Waals surface area contributed by atoms with Gasteiger partial charge in [0.1, 0.15) is 11.8 Å². The molecule has 0 saturated carbocycles. The first kappa shape index (κ1) is 15.7. The van der Waals surface area contributed by atoms with Crippen LogP contribution in [-0.4, -0.2) is 32.6 Å². The number of carbonyl (C=O) groups excluding carboxylic acids is 2. The molecule has 0 aliphatic heterocycles. The number of esters is 1. The summed E-state index contributed by atoms with van der Waals surface area (Å²) in [7, 11) is 2.46. The zero-order chi connectivity index (χ0) is 15.1. The Morgan fingerprint density at radius 3 is 2.50 bits per heavy atom. The summed E-state index contributed by atoms with van der Waals surface area (Å²) < 4.78 is 27.8. The summed E-state index contributed by atoms with van der Waals surface area (Å²) in [6.07, 6.45) is 1.01. The molecule has 0 amide bonds. The normalized spacial score (nSPS) is 10.9. The third-order valence-corrected chi connectivity index (χ3v) is 2.43. The molecule has 0 heterocycles. The van der Waals surface area contributed by atoms with Gasteiger partial charge in [-0.2, -0.15) is 0 Å². The number of rotatable bonds is 6. The third-order valence-electron chi connectivity index (χ3n) is 2.43. The van der Waals surface area contributed by atoms with Crippen LogP contribution in [0, 0.1) is 5.82 Å². The van der Waals surface area contributed by atoms with Gasteiger partial charge in [-0.3, -0.25) is 4.79 Å². The third kappa shape index (κ3) is 3.57. The van der Waals surface area contributed by atoms with Gasteiger partial charge in [0.15, 0.2) is 11.6 Å². The quantitative estimate of drug-likeness (QED) is 0.200. The summed E-state index contributed by atoms with van der Waals surface area (Å²) in [5.74, 6) is -2.22. The molecule has 20 heavy (non-hydrogen) atoms. The SMILES string of the molecule is CCO/C=C(/C(=O)OC)C(=O)c1ccc(OC)c(F)c1. The van der Waals surface area contributed by atoms with Crippen molar-refractivity contribution in [2.75, 3.05) is 20.8 Å². The van der Waals surface area contributed by atoms with Crippen LogP contribution in [0.3, 0.4) is 0 Å². The van der Waals surface area contributed by atoms with E-state index in [0.29, 0.717) is 0 Å². The lowest BCUT2D eigenvalue weighted by Crippen LogP contribution is -2.15. The minimum Gasteiger partial charge on any atom is -0.500 e. The lowest BCUT2D eigenvalue weighted by Gasteiger charge is -2.07. The summed E-state index contributed by atoms with van der Waals surface area (Å²) in [5.41, 5.74) is -0.307. The van der Waals surface area contributed by atoms with E-state index in [2.05, 4.69) is 4.74 Å². The van der Waals surface area contributed by atoms with Crippen LogP contribution in [0.15, 0.2) is 30.0 Å². The summed E-state index contributed by atoms with van der Waals surface area (Å²) >= 11 is 0. The Balaban J connectivity index is 3.12. The van der Waals surface area contributed by atoms with Crippen molar-refractivity contribution in [3.8, 4) is 5.75 Å². The predicted molar refractivity (Wildman–Crippen MR) is 69.0 cm³/mol. The van der Waals surface area contributed by atoms with Crippen LogP contribution in [0.4, 0.5) is 4.39 Å². The highest BCUT2D eigenvalue weighted by atomic mass is 19.1. The Morgan fingerprint density at radius 2 is 2.00 bits per heavy atom. The maximum Gasteiger partial charge on any atom is 0.345 e. The average Bonchev–Trinajstić information content (AvgIpc) is 2.46. The Kier molecular flexibility index (Phi) is 5.71. The molecular formula is C14H15FO5. The fourth-order valence-electron chi connectivity index (χ4n) is 1.43. The zero-order valence-corrected chi connectivity index (χ0v) is 11.4. The highest BCUT2D eigenvalue weighted by Crippen LogP contribution is 2.20. The minimum atomic E-state index is -0.848. The van der Waals surface area contributed by atoms with Crippen molar-refractivity contribution in [3.05, 3.63) is 41.4 Å². The first-order valence-electron chi connectivity index (χ1n) is 5.83. The summed E-state index contributed by atoms with van der Waals surface area (Å²) in [6.45, 7) is 1.98. The first-order valence-corrected chi connectivity index (χ1v) is 5.83. The highest BCUT2D eigenvalue weighted by Gasteiger charge is 2.22. The van der Waals surface area contributed by atoms with Crippen LogP contribution in [0.2, 0.25) is 0 Å². The van der Waals surface area contributed by atoms with E-state index in [4.69, 9.17) is 9.47 Å². The van der Waals surface area contributed by atoms with Crippen LogP contribution in [0.1, 0.15) is 17.3 Å². The van der Waals surface area contributed by atoms with E-state index in [9.17, 15) is 14.0 Å². The van der Waals surface area contributed by atoms with Crippen LogP contribution < -0.4 is 4.74 Å². The minimum absolute atomic E-state index is 0.000321. The van der Waals surface area contributed by atoms with E-state index in [1.807, 2.05) is 0 Å². The van der Waals surface area contributed by atoms with Gasteiger partial charge in [-0.05, 0) is 25.1 Å². The van der Waals surface area contributed by atoms with Crippen LogP contribution in [0.25, 0.3) is 0 Å². The van der Waals surface area contributed by atoms with Gasteiger partial charge in [0.2, 0.25) is 5.78 Å². The van der Waals surface area contributed by atoms with E-state index in [1.54, 1.807) is 6.92 Å². The van der Waals surface area contributed by atoms with E-state index in [-0.39, 0.29) is 23.5 Å². The van der Waals surface area contributed by atoms with Gasteiger partial charge in [0, 0.05) is 5.56 Å². The van der Waals surface area contributed by atoms with Gasteiger partial charge in [0.05, 0.1) is 20.8 Å². The van der Waals surface area contributed by atoms with Crippen molar-refractivity contribution in [3.63, 3.8) is 0 Å². The molecule has 5 nitrogen and oxygen atoms in total. The van der Waals surface area contributed by atoms with Crippen molar-refractivity contribution < 1.29 is 28.2 Å². The molecule has 0 fully saturated rings. The second kappa shape index (κ2) is 7.28. The van der Waals surface area contributed by atoms with Crippen molar-refractivity contribution in [1.82, 2.24) is 0 Å². The van der Waals surface area contributed by atoms with Gasteiger partial charge in [-0.15, -0.1) is 0 Å². The maximum atomic E-state index is 13.6. The fourth-order valence-corrected chi connectivity index (χ4v) is 1.43. The number of ether oxygens (including phenoxy) is 3. The molecule has 108 valence electrons. The number of benzene rings is 1. The Bertz CT molecular complexity index is 536. The molecule has 0 atom stereocenters. The molecule has 0 aliphatic carbocycles. The second-order valence-electron chi connectivity index (χ2n) is 3.66. The average molecular weight is 282 g/mol. The zero-order valence-electron chi connectivity index (χ0n) is 11.4. The number of halogens is 1. The molecule has 0 unspecified atom stereocenters. The molecular weight excluding hydrogens is 267 g/mol. The second-order valence-corrected chi connectivity index (χ2v) is 3.66. The van der Waals surface area contributed by atoms with E-state index in [1.165, 1.54) is 19.2 Å². The van der Waals surface area contributed by atoms with Crippen LogP contribution in [0.5, 0.6) is 5.75 Å². The number of ketones is 1. The molecule has 0 bridgehead atoms. The van der Waals surface area contributed by atoms with Crippen molar-refractivity contribution in [2.24, 2.45) is 0 Å². The number of Topliss-reactive ketones (excluding diaryl/α,β-unsaturated/α-hetero) is 1. The monoisotopic (exact) mass is 282 g/mol. The molecule has 1 aromatic carbocycles. The van der Waals surface area contributed by atoms with Crippen molar-refractivity contribution in [2.45, 2.75) is 6.92 Å². The van der Waals surface area contributed by atoms with E-state index in [0.717, 1.165) is 19.4 Å². The molecule has 0 saturated heterocycles. The molecule has 0 N–H and O–H groups in total. The molecule has 0 spiro atoms. The van der Waals surface area contributed by atoms with Gasteiger partial charge < -0.3 is 14.2 Å². The molecule has 1 aromatic rings. The van der Waals surface area contributed by atoms with Gasteiger partial charge in [0.25, 0.3) is 0 Å². The standard InChI is InChI=1S/C14H15FO5/c1-4-20-8-10(14(17)19-3)13(16)9-5-6-12(18-2)11(15)7-9/h5-8H,4H2,1-3H3/b10-8+. The largest absolute Gasteiger partial charge is 0.500 e. The summed E-state index contributed by atoms with van der Waals surface area (Å²) in [4.78, 5) is 23.7. The van der Waals surface area contributed by atoms with Crippen LogP contribution >= 0.6 is 0 Å². The lowest BCUT2D eigenvalue weighted by atomic mass is 10.0. The fraction of sp³-hybridized carbons (Fsp3) is 0.286. The highest BCUT2D eigenvalue weighted by molar-refractivity contribution is 6.24. The van der Waals surface area contributed by atoms with E-state index < -0.39 is 17.6 Å². The number of hydrogen-bond acceptors (Lipinski definition) is 5. The first-order chi connectivity index (χ1) is 9.54. The number of carbonyl (C=O) groups is 2. The van der Waals surface area contributed by atoms with Gasteiger partial charge >= 0.3 is 5.97 Å². The lowest BCUT2D eigenvalue weighted by molar-refractivity contribution is -0.135. The van der Waals surface area contributed by atoms with Gasteiger partial charge in [-0.1, -0.05) is 0 Å². The maximum absolute atomic E-state index is 13.6. The van der Waals surface area contributed by atoms with E-state index >= 15 is 0 Å². The van der Waals surface area contributed by atoms with Crippen molar-refractivity contribution >= 4 is 11.8 Å². The summed E-state index contributed by atoms with van der Waals surface area (Å²) in [5, 5.41) is 0. The molecule has 0 aromatic heterocycles. The van der Waals surface area contributed by atoms with Gasteiger partial charge in [-0.25, -0.2) is 9.18 Å². The number of methoxy groups -OCH3 is 2. The molecule has 1 rings (SSSR count). The number of hydrogen-bond donors (Lipinski definition) is 0. The molecule has 0 aliphatic rings.